The van der Waals surface area contributed by atoms with Gasteiger partial charge in [-0.2, -0.15) is 4.31 Å². The van der Waals surface area contributed by atoms with Gasteiger partial charge in [-0.25, -0.2) is 22.8 Å². The van der Waals surface area contributed by atoms with E-state index < -0.39 is 15.8 Å². The van der Waals surface area contributed by atoms with Crippen LogP contribution in [0.25, 0.3) is 0 Å². The number of piperidine rings is 1. The standard InChI is InChI=1S/C19H24FN3O3S/c1-19(2,3)14-6-8-17(9-7-14)27(24,25)23-10-4-5-16(13-23)26-18-21-11-15(20)12-22-18/h6-9,11-12,16H,4-5,10,13H2,1-3H3. The summed E-state index contributed by atoms with van der Waals surface area (Å²) in [5, 5.41) is 0. The monoisotopic (exact) mass is 393 g/mol. The molecule has 1 saturated heterocycles. The van der Waals surface area contributed by atoms with Gasteiger partial charge in [-0.3, -0.25) is 0 Å². The van der Waals surface area contributed by atoms with Crippen LogP contribution in [0, 0.1) is 5.82 Å². The molecule has 27 heavy (non-hydrogen) atoms. The van der Waals surface area contributed by atoms with Crippen molar-refractivity contribution in [1.29, 1.82) is 0 Å². The summed E-state index contributed by atoms with van der Waals surface area (Å²) in [4.78, 5) is 7.82. The summed E-state index contributed by atoms with van der Waals surface area (Å²) in [5.41, 5.74) is 1.04. The quantitative estimate of drug-likeness (QED) is 0.798. The van der Waals surface area contributed by atoms with Crippen LogP contribution in [0.15, 0.2) is 41.6 Å². The number of halogens is 1. The fourth-order valence-electron chi connectivity index (χ4n) is 3.01. The number of ether oxygens (including phenoxy) is 1. The fraction of sp³-hybridized carbons (Fsp3) is 0.474. The van der Waals surface area contributed by atoms with E-state index in [0.29, 0.717) is 19.4 Å². The van der Waals surface area contributed by atoms with Gasteiger partial charge in [-0.15, -0.1) is 0 Å². The second-order valence-electron chi connectivity index (χ2n) is 7.70. The van der Waals surface area contributed by atoms with Crippen molar-refractivity contribution in [2.45, 2.75) is 50.0 Å². The molecule has 1 unspecified atom stereocenters. The molecule has 1 aliphatic rings. The maximum Gasteiger partial charge on any atom is 0.316 e. The topological polar surface area (TPSA) is 72.4 Å². The molecule has 0 bridgehead atoms. The maximum atomic E-state index is 13.0. The van der Waals surface area contributed by atoms with Crippen LogP contribution in [0.5, 0.6) is 6.01 Å². The van der Waals surface area contributed by atoms with E-state index in [2.05, 4.69) is 30.7 Å². The SMILES string of the molecule is CC(C)(C)c1ccc(S(=O)(=O)N2CCCC(Oc3ncc(F)cn3)C2)cc1. The molecule has 0 spiro atoms. The summed E-state index contributed by atoms with van der Waals surface area (Å²) < 4.78 is 45.9. The maximum absolute atomic E-state index is 13.0. The zero-order valence-corrected chi connectivity index (χ0v) is 16.5. The first-order valence-corrected chi connectivity index (χ1v) is 10.4. The Balaban J connectivity index is 1.73. The van der Waals surface area contributed by atoms with Crippen LogP contribution in [-0.4, -0.2) is 41.9 Å². The largest absolute Gasteiger partial charge is 0.459 e. The van der Waals surface area contributed by atoms with Gasteiger partial charge in [0, 0.05) is 6.54 Å². The number of nitrogens with zero attached hydrogens (tertiary/aromatic N) is 3. The molecule has 2 aromatic rings. The van der Waals surface area contributed by atoms with Gasteiger partial charge >= 0.3 is 6.01 Å². The van der Waals surface area contributed by atoms with Crippen LogP contribution < -0.4 is 4.74 Å². The minimum absolute atomic E-state index is 0.0402. The van der Waals surface area contributed by atoms with Gasteiger partial charge in [0.25, 0.3) is 0 Å². The second kappa shape index (κ2) is 7.52. The van der Waals surface area contributed by atoms with Crippen molar-refractivity contribution in [3.8, 4) is 6.01 Å². The Morgan fingerprint density at radius 1 is 1.15 bits per heavy atom. The normalized spacial score (nSPS) is 19.0. The van der Waals surface area contributed by atoms with E-state index in [9.17, 15) is 12.8 Å². The van der Waals surface area contributed by atoms with Crippen molar-refractivity contribution >= 4 is 10.0 Å². The molecule has 1 aromatic heterocycles. The third kappa shape index (κ3) is 4.62. The Bertz CT molecular complexity index is 878. The van der Waals surface area contributed by atoms with E-state index >= 15 is 0 Å². The highest BCUT2D eigenvalue weighted by Gasteiger charge is 2.31. The molecule has 1 aromatic carbocycles. The van der Waals surface area contributed by atoms with E-state index in [-0.39, 0.29) is 29.0 Å². The summed E-state index contributed by atoms with van der Waals surface area (Å²) >= 11 is 0. The van der Waals surface area contributed by atoms with Crippen molar-refractivity contribution in [1.82, 2.24) is 14.3 Å². The van der Waals surface area contributed by atoms with E-state index in [1.165, 1.54) is 4.31 Å². The van der Waals surface area contributed by atoms with Crippen molar-refractivity contribution in [2.75, 3.05) is 13.1 Å². The smallest absolute Gasteiger partial charge is 0.316 e. The molecule has 3 rings (SSSR count). The predicted octanol–water partition coefficient (Wildman–Crippen LogP) is 3.15. The number of hydrogen-bond donors (Lipinski definition) is 0. The zero-order valence-electron chi connectivity index (χ0n) is 15.7. The summed E-state index contributed by atoms with van der Waals surface area (Å²) in [7, 11) is -3.60. The van der Waals surface area contributed by atoms with Crippen LogP contribution >= 0.6 is 0 Å². The van der Waals surface area contributed by atoms with Gasteiger partial charge in [0.2, 0.25) is 10.0 Å². The second-order valence-corrected chi connectivity index (χ2v) is 9.64. The highest BCUT2D eigenvalue weighted by Crippen LogP contribution is 2.26. The lowest BCUT2D eigenvalue weighted by Crippen LogP contribution is -2.44. The Morgan fingerprint density at radius 2 is 1.78 bits per heavy atom. The number of benzene rings is 1. The van der Waals surface area contributed by atoms with E-state index in [1.54, 1.807) is 12.1 Å². The van der Waals surface area contributed by atoms with Gasteiger partial charge in [0.05, 0.1) is 23.8 Å². The summed E-state index contributed by atoms with van der Waals surface area (Å²) in [6, 6.07) is 7.08. The lowest BCUT2D eigenvalue weighted by atomic mass is 9.87. The molecule has 0 saturated carbocycles. The third-order valence-corrected chi connectivity index (χ3v) is 6.45. The minimum atomic E-state index is -3.60. The molecule has 8 heteroatoms. The van der Waals surface area contributed by atoms with E-state index in [1.807, 2.05) is 12.1 Å². The van der Waals surface area contributed by atoms with E-state index in [0.717, 1.165) is 18.0 Å². The highest BCUT2D eigenvalue weighted by atomic mass is 32.2. The van der Waals surface area contributed by atoms with Crippen LogP contribution in [0.1, 0.15) is 39.2 Å². The Kier molecular flexibility index (Phi) is 5.48. The lowest BCUT2D eigenvalue weighted by molar-refractivity contribution is 0.119. The molecule has 1 fully saturated rings. The zero-order chi connectivity index (χ0) is 19.7. The molecule has 0 radical (unpaired) electrons. The van der Waals surface area contributed by atoms with Gasteiger partial charge in [0.15, 0.2) is 5.82 Å². The molecule has 0 amide bonds. The van der Waals surface area contributed by atoms with Crippen molar-refractivity contribution in [3.05, 3.63) is 48.0 Å². The molecule has 1 aliphatic heterocycles. The van der Waals surface area contributed by atoms with Gasteiger partial charge in [0.1, 0.15) is 6.10 Å². The van der Waals surface area contributed by atoms with Crippen molar-refractivity contribution < 1.29 is 17.5 Å². The van der Waals surface area contributed by atoms with Gasteiger partial charge in [-0.05, 0) is 36.0 Å². The number of rotatable bonds is 4. The Morgan fingerprint density at radius 3 is 2.37 bits per heavy atom. The first-order valence-electron chi connectivity index (χ1n) is 8.91. The van der Waals surface area contributed by atoms with Crippen molar-refractivity contribution in [2.24, 2.45) is 0 Å². The number of hydrogen-bond acceptors (Lipinski definition) is 5. The molecule has 6 nitrogen and oxygen atoms in total. The summed E-state index contributed by atoms with van der Waals surface area (Å²) in [5.74, 6) is -0.547. The van der Waals surface area contributed by atoms with Gasteiger partial charge in [-0.1, -0.05) is 32.9 Å². The molecule has 0 aliphatic carbocycles. The first kappa shape index (κ1) is 19.7. The molecular weight excluding hydrogens is 369 g/mol. The predicted molar refractivity (Wildman–Crippen MR) is 99.5 cm³/mol. The molecular formula is C19H24FN3O3S. The number of sulfonamides is 1. The Hall–Kier alpha value is -2.06. The average molecular weight is 393 g/mol. The van der Waals surface area contributed by atoms with Crippen LogP contribution in [-0.2, 0) is 15.4 Å². The highest BCUT2D eigenvalue weighted by molar-refractivity contribution is 7.89. The van der Waals surface area contributed by atoms with Crippen molar-refractivity contribution in [3.63, 3.8) is 0 Å². The lowest BCUT2D eigenvalue weighted by Gasteiger charge is -2.31. The Labute approximate surface area is 159 Å². The first-order chi connectivity index (χ1) is 12.7. The average Bonchev–Trinajstić information content (AvgIpc) is 2.63. The third-order valence-electron chi connectivity index (χ3n) is 4.57. The molecule has 2 heterocycles. The van der Waals surface area contributed by atoms with Gasteiger partial charge < -0.3 is 4.74 Å². The molecule has 0 N–H and O–H groups in total. The molecule has 146 valence electrons. The summed E-state index contributed by atoms with van der Waals surface area (Å²) in [6.07, 6.45) is 3.04. The van der Waals surface area contributed by atoms with Crippen LogP contribution in [0.3, 0.4) is 0 Å². The fourth-order valence-corrected chi connectivity index (χ4v) is 4.52. The minimum Gasteiger partial charge on any atom is -0.459 e. The summed E-state index contributed by atoms with van der Waals surface area (Å²) in [6.45, 7) is 6.90. The van der Waals surface area contributed by atoms with Crippen LogP contribution in [0.4, 0.5) is 4.39 Å². The molecule has 1 atom stereocenters. The number of aromatic nitrogens is 2. The van der Waals surface area contributed by atoms with Crippen LogP contribution in [0.2, 0.25) is 0 Å². The van der Waals surface area contributed by atoms with E-state index in [4.69, 9.17) is 4.74 Å².